The van der Waals surface area contributed by atoms with E-state index in [1.54, 1.807) is 30.3 Å². The molecular weight excluding hydrogens is 460 g/mol. The number of halogens is 2. The summed E-state index contributed by atoms with van der Waals surface area (Å²) < 4.78 is 60.0. The fourth-order valence-corrected chi connectivity index (χ4v) is 4.21. The van der Waals surface area contributed by atoms with E-state index >= 15 is 0 Å². The molecule has 33 heavy (non-hydrogen) atoms. The number of amides is 1. The van der Waals surface area contributed by atoms with Gasteiger partial charge in [0.25, 0.3) is 15.9 Å². The molecular formula is C21H21F2N3O6S. The maximum Gasteiger partial charge on any atom is 0.387 e. The van der Waals surface area contributed by atoms with Crippen molar-refractivity contribution in [2.75, 3.05) is 13.2 Å². The number of fused-ring (bicyclic) bond motifs is 1. The van der Waals surface area contributed by atoms with E-state index in [2.05, 4.69) is 19.8 Å². The maximum atomic E-state index is 12.2. The number of nitrogens with zero attached hydrogens (tertiary/aromatic N) is 1. The van der Waals surface area contributed by atoms with Crippen LogP contribution >= 0.6 is 0 Å². The number of aliphatic imine (C=N–C) groups is 1. The predicted molar refractivity (Wildman–Crippen MR) is 114 cm³/mol. The highest BCUT2D eigenvalue weighted by atomic mass is 32.2. The molecule has 1 atom stereocenters. The van der Waals surface area contributed by atoms with Crippen LogP contribution in [0.2, 0.25) is 0 Å². The Morgan fingerprint density at radius 2 is 1.82 bits per heavy atom. The third kappa shape index (κ3) is 6.48. The Hall–Kier alpha value is -3.54. The Kier molecular flexibility index (Phi) is 7.59. The summed E-state index contributed by atoms with van der Waals surface area (Å²) in [6, 6.07) is 11.2. The SMILES string of the molecule is C[C@H](N=C1NS(=O)(=O)c2ccccc21)C(=O)OCC(=O)NCCc1ccc(OC(F)F)cc1. The zero-order chi connectivity index (χ0) is 24.0. The van der Waals surface area contributed by atoms with Gasteiger partial charge in [0.1, 0.15) is 17.6 Å². The monoisotopic (exact) mass is 481 g/mol. The second kappa shape index (κ2) is 10.4. The predicted octanol–water partition coefficient (Wildman–Crippen LogP) is 1.62. The molecule has 1 aliphatic rings. The minimum atomic E-state index is -3.73. The molecule has 0 saturated carbocycles. The molecule has 0 spiro atoms. The van der Waals surface area contributed by atoms with Crippen molar-refractivity contribution in [2.24, 2.45) is 4.99 Å². The van der Waals surface area contributed by atoms with Crippen molar-refractivity contribution in [3.8, 4) is 5.75 Å². The first kappa shape index (κ1) is 24.1. The van der Waals surface area contributed by atoms with E-state index in [-0.39, 0.29) is 23.0 Å². The molecule has 2 aromatic carbocycles. The Balaban J connectivity index is 1.44. The van der Waals surface area contributed by atoms with E-state index < -0.39 is 41.2 Å². The molecule has 0 radical (unpaired) electrons. The largest absolute Gasteiger partial charge is 0.454 e. The summed E-state index contributed by atoms with van der Waals surface area (Å²) in [5, 5.41) is 2.57. The number of carbonyl (C=O) groups excluding carboxylic acids is 2. The number of amidine groups is 1. The standard InChI is InChI=1S/C21H21F2N3O6S/c1-13(25-19-16-4-2-3-5-17(16)33(29,30)26-19)20(28)31-12-18(27)24-11-10-14-6-8-15(9-7-14)32-21(22)23/h2-9,13,21H,10-12H2,1H3,(H,24,27)(H,25,26)/t13-/m0/s1. The van der Waals surface area contributed by atoms with Gasteiger partial charge in [0.05, 0.1) is 4.90 Å². The molecule has 0 bridgehead atoms. The van der Waals surface area contributed by atoms with E-state index in [4.69, 9.17) is 4.74 Å². The van der Waals surface area contributed by atoms with E-state index in [0.29, 0.717) is 12.0 Å². The molecule has 9 nitrogen and oxygen atoms in total. The van der Waals surface area contributed by atoms with Crippen molar-refractivity contribution in [2.45, 2.75) is 30.9 Å². The zero-order valence-electron chi connectivity index (χ0n) is 17.5. The molecule has 1 aliphatic heterocycles. The fraction of sp³-hybridized carbons (Fsp3) is 0.286. The van der Waals surface area contributed by atoms with E-state index in [1.807, 2.05) is 0 Å². The van der Waals surface area contributed by atoms with E-state index in [1.165, 1.54) is 25.1 Å². The number of benzene rings is 2. The lowest BCUT2D eigenvalue weighted by Gasteiger charge is -2.10. The van der Waals surface area contributed by atoms with Crippen molar-refractivity contribution in [1.82, 2.24) is 10.0 Å². The Bertz CT molecular complexity index is 1150. The van der Waals surface area contributed by atoms with Gasteiger partial charge in [-0.05, 0) is 43.2 Å². The number of hydrogen-bond acceptors (Lipinski definition) is 7. The molecule has 0 aliphatic carbocycles. The summed E-state index contributed by atoms with van der Waals surface area (Å²) in [5.41, 5.74) is 1.14. The van der Waals surface area contributed by atoms with Crippen LogP contribution in [0.15, 0.2) is 58.4 Å². The van der Waals surface area contributed by atoms with Crippen LogP contribution in [0.1, 0.15) is 18.1 Å². The first-order valence-electron chi connectivity index (χ1n) is 9.83. The Morgan fingerprint density at radius 1 is 1.12 bits per heavy atom. The number of sulfonamides is 1. The van der Waals surface area contributed by atoms with Gasteiger partial charge in [0.2, 0.25) is 0 Å². The van der Waals surface area contributed by atoms with Crippen molar-refractivity contribution in [3.05, 3.63) is 59.7 Å². The van der Waals surface area contributed by atoms with Crippen LogP contribution in [-0.4, -0.2) is 51.9 Å². The summed E-state index contributed by atoms with van der Waals surface area (Å²) in [5.74, 6) is -1.26. The third-order valence-electron chi connectivity index (χ3n) is 4.56. The normalized spacial score (nSPS) is 16.1. The highest BCUT2D eigenvalue weighted by Crippen LogP contribution is 2.22. The minimum Gasteiger partial charge on any atom is -0.454 e. The molecule has 1 heterocycles. The average molecular weight is 481 g/mol. The average Bonchev–Trinajstić information content (AvgIpc) is 3.03. The molecule has 2 N–H and O–H groups in total. The van der Waals surface area contributed by atoms with Gasteiger partial charge in [-0.15, -0.1) is 0 Å². The Labute approximate surface area is 188 Å². The summed E-state index contributed by atoms with van der Waals surface area (Å²) in [6.07, 6.45) is 0.429. The van der Waals surface area contributed by atoms with Crippen LogP contribution in [0.3, 0.4) is 0 Å². The number of esters is 1. The van der Waals surface area contributed by atoms with Crippen LogP contribution in [0.25, 0.3) is 0 Å². The van der Waals surface area contributed by atoms with Crippen LogP contribution in [-0.2, 0) is 30.8 Å². The van der Waals surface area contributed by atoms with Gasteiger partial charge in [-0.25, -0.2) is 13.2 Å². The van der Waals surface area contributed by atoms with Crippen molar-refractivity contribution in [3.63, 3.8) is 0 Å². The Morgan fingerprint density at radius 3 is 2.52 bits per heavy atom. The maximum absolute atomic E-state index is 12.2. The molecule has 0 unspecified atom stereocenters. The molecule has 1 amide bonds. The molecule has 0 saturated heterocycles. The lowest BCUT2D eigenvalue weighted by atomic mass is 10.1. The number of rotatable bonds is 9. The first-order valence-corrected chi connectivity index (χ1v) is 11.3. The molecule has 3 rings (SSSR count). The van der Waals surface area contributed by atoms with E-state index in [9.17, 15) is 26.8 Å². The highest BCUT2D eigenvalue weighted by Gasteiger charge is 2.31. The number of carbonyl (C=O) groups is 2. The number of ether oxygens (including phenoxy) is 2. The van der Waals surface area contributed by atoms with Crippen LogP contribution in [0, 0.1) is 0 Å². The zero-order valence-corrected chi connectivity index (χ0v) is 18.3. The van der Waals surface area contributed by atoms with Gasteiger partial charge >= 0.3 is 12.6 Å². The third-order valence-corrected chi connectivity index (χ3v) is 5.95. The van der Waals surface area contributed by atoms with Crippen molar-refractivity contribution >= 4 is 27.7 Å². The van der Waals surface area contributed by atoms with Gasteiger partial charge in [-0.2, -0.15) is 8.78 Å². The molecule has 2 aromatic rings. The number of hydrogen-bond donors (Lipinski definition) is 2. The summed E-state index contributed by atoms with van der Waals surface area (Å²) >= 11 is 0. The molecule has 0 fully saturated rings. The van der Waals surface area contributed by atoms with Crippen molar-refractivity contribution < 1.29 is 36.3 Å². The fourth-order valence-electron chi connectivity index (χ4n) is 2.97. The van der Waals surface area contributed by atoms with Crippen LogP contribution in [0.4, 0.5) is 8.78 Å². The van der Waals surface area contributed by atoms with Gasteiger partial charge in [0, 0.05) is 12.1 Å². The van der Waals surface area contributed by atoms with Crippen LogP contribution < -0.4 is 14.8 Å². The molecule has 0 aromatic heterocycles. The second-order valence-corrected chi connectivity index (χ2v) is 8.64. The summed E-state index contributed by atoms with van der Waals surface area (Å²) in [6.45, 7) is -1.77. The summed E-state index contributed by atoms with van der Waals surface area (Å²) in [4.78, 5) is 28.2. The minimum absolute atomic E-state index is 0.0319. The highest BCUT2D eigenvalue weighted by molar-refractivity contribution is 7.90. The smallest absolute Gasteiger partial charge is 0.387 e. The number of alkyl halides is 2. The van der Waals surface area contributed by atoms with E-state index in [0.717, 1.165) is 5.56 Å². The first-order chi connectivity index (χ1) is 15.7. The topological polar surface area (TPSA) is 123 Å². The van der Waals surface area contributed by atoms with Gasteiger partial charge in [-0.1, -0.05) is 24.3 Å². The lowest BCUT2D eigenvalue weighted by Crippen LogP contribution is -2.32. The van der Waals surface area contributed by atoms with Gasteiger partial charge in [-0.3, -0.25) is 14.5 Å². The molecule has 12 heteroatoms. The summed E-state index contributed by atoms with van der Waals surface area (Å²) in [7, 11) is -3.73. The lowest BCUT2D eigenvalue weighted by molar-refractivity contribution is -0.149. The van der Waals surface area contributed by atoms with Crippen molar-refractivity contribution in [1.29, 1.82) is 0 Å². The number of nitrogens with one attached hydrogen (secondary N) is 2. The second-order valence-electron chi connectivity index (χ2n) is 6.99. The van der Waals surface area contributed by atoms with Gasteiger partial charge in [0.15, 0.2) is 6.61 Å². The quantitative estimate of drug-likeness (QED) is 0.525. The van der Waals surface area contributed by atoms with Crippen LogP contribution in [0.5, 0.6) is 5.75 Å². The van der Waals surface area contributed by atoms with Gasteiger partial charge < -0.3 is 14.8 Å². The molecule has 176 valence electrons.